The summed E-state index contributed by atoms with van der Waals surface area (Å²) in [6, 6.07) is 10.5. The van der Waals surface area contributed by atoms with Crippen molar-refractivity contribution in [1.29, 1.82) is 5.26 Å². The van der Waals surface area contributed by atoms with Gasteiger partial charge in [-0.05, 0) is 16.7 Å². The molecule has 4 aromatic heterocycles. The molecule has 0 saturated carbocycles. The zero-order chi connectivity index (χ0) is 43.4. The van der Waals surface area contributed by atoms with E-state index in [9.17, 15) is 34.2 Å². The Kier molecular flexibility index (Phi) is 13.8. The van der Waals surface area contributed by atoms with Crippen LogP contribution >= 0.6 is 16.9 Å². The molecule has 0 aliphatic carbocycles. The van der Waals surface area contributed by atoms with Gasteiger partial charge in [0.1, 0.15) is 30.7 Å². The molecule has 2 amide bonds. The lowest BCUT2D eigenvalue weighted by molar-refractivity contribution is -0.192. The number of imidazole rings is 2. The van der Waals surface area contributed by atoms with Crippen LogP contribution in [0.25, 0.3) is 16.8 Å². The van der Waals surface area contributed by atoms with Crippen molar-refractivity contribution in [3.63, 3.8) is 0 Å². The summed E-state index contributed by atoms with van der Waals surface area (Å²) in [4.78, 5) is 70.1. The van der Waals surface area contributed by atoms with Crippen molar-refractivity contribution in [3.05, 3.63) is 70.8 Å². The predicted octanol–water partition coefficient (Wildman–Crippen LogP) is 2.67. The molecule has 0 radical (unpaired) electrons. The zero-order valence-corrected chi connectivity index (χ0v) is 34.8. The van der Waals surface area contributed by atoms with Crippen molar-refractivity contribution in [2.24, 2.45) is 17.8 Å². The molecule has 0 spiro atoms. The summed E-state index contributed by atoms with van der Waals surface area (Å²) in [5, 5.41) is 29.2. The predicted molar refractivity (Wildman–Crippen MR) is 210 cm³/mol. The summed E-state index contributed by atoms with van der Waals surface area (Å²) in [6.45, 7) is 6.01. The Hall–Kier alpha value is -5.24. The highest BCUT2D eigenvalue weighted by Gasteiger charge is 2.50. The SMILES string of the molecule is CC(C)C(=O)Nc1nc2c(ncn2C2OC(CO)C(C)C2OP(OCCC#N)OCC2OC(c3cnc4c(NC(=O)c5ccccc5)ncnn34)C(C)C2O[P+](=O)[O-])c(=O)[nH]1. The van der Waals surface area contributed by atoms with Gasteiger partial charge in [-0.1, -0.05) is 45.9 Å². The number of nitrogens with zero attached hydrogens (tertiary/aromatic N) is 8. The molecule has 7 rings (SSSR count). The number of amides is 2. The summed E-state index contributed by atoms with van der Waals surface area (Å²) in [6.07, 6.45) is -1.71. The molecular formula is C36H41N11O12P2. The van der Waals surface area contributed by atoms with E-state index in [1.165, 1.54) is 27.9 Å². The van der Waals surface area contributed by atoms with Crippen LogP contribution in [0.3, 0.4) is 0 Å². The van der Waals surface area contributed by atoms with Crippen LogP contribution in [0.2, 0.25) is 0 Å². The fourth-order valence-electron chi connectivity index (χ4n) is 6.89. The highest BCUT2D eigenvalue weighted by Crippen LogP contribution is 2.50. The fourth-order valence-corrected chi connectivity index (χ4v) is 8.61. The van der Waals surface area contributed by atoms with Crippen LogP contribution in [0.15, 0.2) is 54.0 Å². The van der Waals surface area contributed by atoms with Crippen LogP contribution in [0, 0.1) is 29.1 Å². The molecule has 23 nitrogen and oxygen atoms in total. The number of anilines is 2. The third-order valence-electron chi connectivity index (χ3n) is 10.1. The normalized spacial score (nSPS) is 24.6. The van der Waals surface area contributed by atoms with Gasteiger partial charge in [-0.25, -0.2) is 19.5 Å². The average molecular weight is 882 g/mol. The number of fused-ring (bicyclic) bond motifs is 2. The number of nitriles is 1. The van der Waals surface area contributed by atoms with E-state index in [0.717, 1.165) is 0 Å². The van der Waals surface area contributed by atoms with Gasteiger partial charge in [0.05, 0.1) is 56.6 Å². The Morgan fingerprint density at radius 1 is 1.08 bits per heavy atom. The number of nitrogens with one attached hydrogen (secondary N) is 3. The number of carbonyl (C=O) groups excluding carboxylic acids is 2. The lowest BCUT2D eigenvalue weighted by Gasteiger charge is -2.27. The zero-order valence-electron chi connectivity index (χ0n) is 33.1. The van der Waals surface area contributed by atoms with Crippen LogP contribution in [0.1, 0.15) is 62.5 Å². The van der Waals surface area contributed by atoms with Gasteiger partial charge in [-0.15, -0.1) is 4.52 Å². The lowest BCUT2D eigenvalue weighted by Crippen LogP contribution is -2.32. The molecule has 2 fully saturated rings. The maximum absolute atomic E-state index is 13.0. The first-order valence-corrected chi connectivity index (χ1v) is 21.2. The van der Waals surface area contributed by atoms with E-state index in [-0.39, 0.29) is 54.1 Å². The minimum atomic E-state index is -3.36. The highest BCUT2D eigenvalue weighted by molar-refractivity contribution is 7.41. The average Bonchev–Trinajstić information content (AvgIpc) is 4.01. The Balaban J connectivity index is 1.12. The molecule has 10 unspecified atom stereocenters. The minimum Gasteiger partial charge on any atom is -0.566 e. The number of rotatable bonds is 17. The molecule has 4 N–H and O–H groups in total. The molecule has 5 aromatic rings. The topological polar surface area (TPSA) is 304 Å². The van der Waals surface area contributed by atoms with Gasteiger partial charge in [0, 0.05) is 23.3 Å². The number of carbonyl (C=O) groups is 2. The van der Waals surface area contributed by atoms with Crippen LogP contribution < -0.4 is 21.1 Å². The third kappa shape index (κ3) is 9.49. The van der Waals surface area contributed by atoms with E-state index < -0.39 is 89.4 Å². The second-order valence-electron chi connectivity index (χ2n) is 14.4. The third-order valence-corrected chi connectivity index (χ3v) is 11.7. The van der Waals surface area contributed by atoms with Gasteiger partial charge >= 0.3 is 16.9 Å². The summed E-state index contributed by atoms with van der Waals surface area (Å²) >= 11 is 0. The van der Waals surface area contributed by atoms with Crippen molar-refractivity contribution >= 4 is 57.2 Å². The molecule has 6 heterocycles. The van der Waals surface area contributed by atoms with Crippen molar-refractivity contribution in [2.45, 2.75) is 70.9 Å². The molecule has 2 aliphatic rings. The summed E-state index contributed by atoms with van der Waals surface area (Å²) in [7, 11) is -5.71. The number of benzene rings is 1. The Morgan fingerprint density at radius 3 is 2.59 bits per heavy atom. The molecule has 1 aromatic carbocycles. The number of H-pyrrole nitrogens is 1. The number of hydrogen-bond acceptors (Lipinski definition) is 18. The van der Waals surface area contributed by atoms with Crippen LogP contribution in [0.4, 0.5) is 11.8 Å². The number of hydrogen-bond donors (Lipinski definition) is 4. The molecule has 2 aliphatic heterocycles. The summed E-state index contributed by atoms with van der Waals surface area (Å²) in [5.41, 5.74) is 0.393. The van der Waals surface area contributed by atoms with E-state index in [2.05, 4.69) is 40.7 Å². The fraction of sp³-hybridized carbons (Fsp3) is 0.472. The molecule has 61 heavy (non-hydrogen) atoms. The first-order chi connectivity index (χ1) is 29.4. The highest BCUT2D eigenvalue weighted by atomic mass is 31.2. The maximum atomic E-state index is 13.0. The number of aromatic nitrogens is 8. The molecule has 10 atom stereocenters. The number of aromatic amines is 1. The largest absolute Gasteiger partial charge is 0.566 e. The molecule has 25 heteroatoms. The second kappa shape index (κ2) is 19.2. The Labute approximate surface area is 348 Å². The van der Waals surface area contributed by atoms with Crippen molar-refractivity contribution in [2.75, 3.05) is 30.5 Å². The standard InChI is InChI=1S/C36H41N11O12P2/c1-18(2)32(49)44-36-43-30-25(34(51)45-36)40-17-46(30)35-28(19(3)23(14-48)57-35)59-61(54-12-8-11-37)55-15-24-27(58-60(52)53)20(4)26(56-24)22-13-38-31-29(39-16-41-47(22)31)42-33(50)21-9-6-5-7-10-21/h5-7,9-10,13,16-20,23-24,26-28,35,48H,8,12,14-15H2,1-4H3,(H,39,41,42,50)(H2,43,44,45,49,51). The minimum absolute atomic E-state index is 0.0277. The number of ether oxygens (including phenoxy) is 2. The number of aliphatic hydroxyl groups excluding tert-OH is 1. The van der Waals surface area contributed by atoms with Gasteiger partial charge in [-0.2, -0.15) is 15.3 Å². The molecule has 2 saturated heterocycles. The summed E-state index contributed by atoms with van der Waals surface area (Å²) in [5.74, 6) is -2.33. The summed E-state index contributed by atoms with van der Waals surface area (Å²) < 4.78 is 51.4. The van der Waals surface area contributed by atoms with E-state index >= 15 is 0 Å². The van der Waals surface area contributed by atoms with Gasteiger partial charge in [0.15, 0.2) is 28.9 Å². The molecular weight excluding hydrogens is 840 g/mol. The Bertz CT molecular complexity index is 2480. The Morgan fingerprint density at radius 2 is 1.87 bits per heavy atom. The van der Waals surface area contributed by atoms with Gasteiger partial charge in [-0.3, -0.25) is 29.3 Å². The van der Waals surface area contributed by atoms with Crippen LogP contribution in [-0.4, -0.2) is 100 Å². The van der Waals surface area contributed by atoms with Crippen molar-refractivity contribution in [1.82, 2.24) is 39.1 Å². The molecule has 322 valence electrons. The van der Waals surface area contributed by atoms with E-state index in [0.29, 0.717) is 11.3 Å². The lowest BCUT2D eigenvalue weighted by atomic mass is 9.97. The van der Waals surface area contributed by atoms with Crippen LogP contribution in [0.5, 0.6) is 0 Å². The quantitative estimate of drug-likeness (QED) is 0.0771. The van der Waals surface area contributed by atoms with Gasteiger partial charge < -0.3 is 38.4 Å². The van der Waals surface area contributed by atoms with Crippen molar-refractivity contribution in [3.8, 4) is 6.07 Å². The monoisotopic (exact) mass is 881 g/mol. The van der Waals surface area contributed by atoms with E-state index in [1.54, 1.807) is 58.0 Å². The van der Waals surface area contributed by atoms with Crippen LogP contribution in [-0.2, 0) is 36.9 Å². The van der Waals surface area contributed by atoms with E-state index in [1.807, 2.05) is 6.07 Å². The second-order valence-corrected chi connectivity index (χ2v) is 16.2. The van der Waals surface area contributed by atoms with Gasteiger partial charge in [0.25, 0.3) is 11.5 Å². The first-order valence-electron chi connectivity index (χ1n) is 19.0. The van der Waals surface area contributed by atoms with Gasteiger partial charge in [0.2, 0.25) is 11.9 Å². The number of aliphatic hydroxyl groups is 1. The maximum Gasteiger partial charge on any atom is 0.488 e. The first kappa shape index (κ1) is 43.8. The molecule has 0 bridgehead atoms. The smallest absolute Gasteiger partial charge is 0.488 e. The van der Waals surface area contributed by atoms with E-state index in [4.69, 9.17) is 27.6 Å². The van der Waals surface area contributed by atoms with Crippen molar-refractivity contribution < 1.29 is 51.7 Å².